The second-order valence-electron chi connectivity index (χ2n) is 7.56. The van der Waals surface area contributed by atoms with Gasteiger partial charge in [-0.25, -0.2) is 4.79 Å². The van der Waals surface area contributed by atoms with E-state index in [-0.39, 0.29) is 0 Å². The zero-order valence-electron chi connectivity index (χ0n) is 19.4. The van der Waals surface area contributed by atoms with Gasteiger partial charge in [0.25, 0.3) is 0 Å². The molecular formula is C22H29N7O6. The number of morpholine rings is 1. The minimum atomic E-state index is -1.51. The number of carboxylic acid groups (broad SMARTS) is 2. The zero-order valence-corrected chi connectivity index (χ0v) is 19.4. The first-order valence-electron chi connectivity index (χ1n) is 11.1. The van der Waals surface area contributed by atoms with Crippen molar-refractivity contribution in [3.05, 3.63) is 36.4 Å². The Balaban J connectivity index is 0.000000371. The predicted molar refractivity (Wildman–Crippen MR) is 125 cm³/mol. The van der Waals surface area contributed by atoms with Crippen molar-refractivity contribution in [1.82, 2.24) is 15.0 Å². The number of carboxylic acids is 2. The Labute approximate surface area is 202 Å². The van der Waals surface area contributed by atoms with E-state index in [1.54, 1.807) is 7.11 Å². The van der Waals surface area contributed by atoms with Crippen LogP contribution in [0, 0.1) is 0 Å². The molecule has 0 spiro atoms. The molecule has 1 aromatic carbocycles. The Morgan fingerprint density at radius 1 is 1.03 bits per heavy atom. The highest BCUT2D eigenvalue weighted by atomic mass is 16.5. The van der Waals surface area contributed by atoms with Crippen LogP contribution >= 0.6 is 0 Å². The summed E-state index contributed by atoms with van der Waals surface area (Å²) in [5.41, 5.74) is 0.910. The number of aliphatic carboxylic acids is 2. The van der Waals surface area contributed by atoms with Crippen LogP contribution in [0.5, 0.6) is 5.75 Å². The van der Waals surface area contributed by atoms with Gasteiger partial charge in [0, 0.05) is 24.9 Å². The molecule has 35 heavy (non-hydrogen) atoms. The van der Waals surface area contributed by atoms with Gasteiger partial charge in [-0.3, -0.25) is 0 Å². The number of methoxy groups -OCH3 is 1. The molecule has 2 aromatic rings. The Morgan fingerprint density at radius 2 is 1.63 bits per heavy atom. The molecule has 2 saturated heterocycles. The third-order valence-electron chi connectivity index (χ3n) is 5.10. The van der Waals surface area contributed by atoms with E-state index in [1.807, 2.05) is 24.3 Å². The monoisotopic (exact) mass is 487 g/mol. The molecule has 0 bridgehead atoms. The highest BCUT2D eigenvalue weighted by Gasteiger charge is 2.21. The van der Waals surface area contributed by atoms with Crippen molar-refractivity contribution in [2.24, 2.45) is 0 Å². The molecule has 4 rings (SSSR count). The average Bonchev–Trinajstić information content (AvgIpc) is 2.89. The number of aromatic nitrogens is 3. The fourth-order valence-corrected chi connectivity index (χ4v) is 3.35. The standard InChI is InChI=1S/C18H25N7O2.C4H4O4/c1-26-15-4-2-14(3-5-15)20-16-21-17(24-8-6-19-7-9-24)23-18(22-16)25-10-12-27-13-11-25;5-3(6)1-2-4(7)8/h2-5,19H,6-13H2,1H3,(H,20,21,22,23);1-2H,(H,5,6)(H,7,8)/b;2-1+. The van der Waals surface area contributed by atoms with Crippen LogP contribution in [-0.4, -0.2) is 91.6 Å². The van der Waals surface area contributed by atoms with Crippen LogP contribution in [0.25, 0.3) is 0 Å². The van der Waals surface area contributed by atoms with Gasteiger partial charge in [-0.15, -0.1) is 0 Å². The van der Waals surface area contributed by atoms with E-state index in [1.165, 1.54) is 0 Å². The van der Waals surface area contributed by atoms with Gasteiger partial charge in [0.2, 0.25) is 17.8 Å². The van der Waals surface area contributed by atoms with E-state index >= 15 is 0 Å². The first-order chi connectivity index (χ1) is 16.9. The van der Waals surface area contributed by atoms with Gasteiger partial charge in [0.15, 0.2) is 0 Å². The predicted octanol–water partition coefficient (Wildman–Crippen LogP) is -1.78. The van der Waals surface area contributed by atoms with Gasteiger partial charge in [-0.2, -0.15) is 15.0 Å². The van der Waals surface area contributed by atoms with Crippen molar-refractivity contribution >= 4 is 35.5 Å². The SMILES string of the molecule is COc1ccc(Nc2nc(N3CC[NH2+]CC3)nc(N3CCOCC3)n2)cc1.O=C([O-])/C=C/C(=O)O. The van der Waals surface area contributed by atoms with Gasteiger partial charge < -0.3 is 44.9 Å². The first-order valence-corrected chi connectivity index (χ1v) is 11.1. The maximum atomic E-state index is 9.53. The van der Waals surface area contributed by atoms with Gasteiger partial charge >= 0.3 is 5.97 Å². The van der Waals surface area contributed by atoms with Gasteiger partial charge in [0.1, 0.15) is 5.75 Å². The molecule has 0 saturated carbocycles. The van der Waals surface area contributed by atoms with Crippen molar-refractivity contribution < 1.29 is 34.6 Å². The molecule has 0 radical (unpaired) electrons. The highest BCUT2D eigenvalue weighted by Crippen LogP contribution is 2.22. The Morgan fingerprint density at radius 3 is 2.14 bits per heavy atom. The molecule has 4 N–H and O–H groups in total. The van der Waals surface area contributed by atoms with Crippen LogP contribution in [0.1, 0.15) is 0 Å². The minimum absolute atomic E-state index is 0.447. The molecule has 0 unspecified atom stereocenters. The van der Waals surface area contributed by atoms with Crippen molar-refractivity contribution in [2.75, 3.05) is 74.7 Å². The van der Waals surface area contributed by atoms with E-state index < -0.39 is 11.9 Å². The molecular weight excluding hydrogens is 458 g/mol. The summed E-state index contributed by atoms with van der Waals surface area (Å²) in [5.74, 6) is 0.00254. The van der Waals surface area contributed by atoms with Crippen LogP contribution in [0.4, 0.5) is 23.5 Å². The molecule has 0 amide bonds. The maximum Gasteiger partial charge on any atom is 0.328 e. The Kier molecular flexibility index (Phi) is 9.57. The lowest BCUT2D eigenvalue weighted by atomic mass is 10.3. The Hall–Kier alpha value is -3.97. The summed E-state index contributed by atoms with van der Waals surface area (Å²) >= 11 is 0. The number of anilines is 4. The van der Waals surface area contributed by atoms with Crippen molar-refractivity contribution in [2.45, 2.75) is 0 Å². The smallest absolute Gasteiger partial charge is 0.328 e. The second kappa shape index (κ2) is 13.1. The molecule has 1 aromatic heterocycles. The summed E-state index contributed by atoms with van der Waals surface area (Å²) in [4.78, 5) is 37.4. The normalized spacial score (nSPS) is 15.8. The molecule has 2 fully saturated rings. The minimum Gasteiger partial charge on any atom is -0.545 e. The van der Waals surface area contributed by atoms with E-state index in [9.17, 15) is 14.7 Å². The number of carbonyl (C=O) groups is 2. The first kappa shape index (κ1) is 25.6. The molecule has 0 aliphatic carbocycles. The summed E-state index contributed by atoms with van der Waals surface area (Å²) in [6, 6.07) is 7.72. The van der Waals surface area contributed by atoms with Crippen LogP contribution in [0.15, 0.2) is 36.4 Å². The number of piperazine rings is 1. The van der Waals surface area contributed by atoms with Crippen molar-refractivity contribution in [3.8, 4) is 5.75 Å². The van der Waals surface area contributed by atoms with Gasteiger partial charge in [-0.1, -0.05) is 0 Å². The summed E-state index contributed by atoms with van der Waals surface area (Å²) in [6.45, 7) is 6.96. The zero-order chi connectivity index (χ0) is 25.0. The number of hydrogen-bond donors (Lipinski definition) is 3. The number of nitrogens with zero attached hydrogens (tertiary/aromatic N) is 5. The lowest BCUT2D eigenvalue weighted by Gasteiger charge is -2.29. The number of nitrogens with two attached hydrogens (primary N) is 1. The van der Waals surface area contributed by atoms with E-state index in [0.29, 0.717) is 37.3 Å². The van der Waals surface area contributed by atoms with Crippen molar-refractivity contribution in [3.63, 3.8) is 0 Å². The van der Waals surface area contributed by atoms with Crippen LogP contribution in [-0.2, 0) is 14.3 Å². The number of quaternary nitrogens is 1. The molecule has 188 valence electrons. The fraction of sp³-hybridized carbons (Fsp3) is 0.409. The third kappa shape index (κ3) is 8.39. The average molecular weight is 488 g/mol. The molecule has 13 heteroatoms. The number of nitrogens with one attached hydrogen (secondary N) is 1. The van der Waals surface area contributed by atoms with E-state index in [0.717, 1.165) is 56.7 Å². The number of rotatable bonds is 7. The largest absolute Gasteiger partial charge is 0.545 e. The second-order valence-corrected chi connectivity index (χ2v) is 7.56. The van der Waals surface area contributed by atoms with Gasteiger partial charge in [-0.05, 0) is 30.3 Å². The van der Waals surface area contributed by atoms with Crippen LogP contribution in [0.2, 0.25) is 0 Å². The lowest BCUT2D eigenvalue weighted by molar-refractivity contribution is -0.655. The van der Waals surface area contributed by atoms with Crippen LogP contribution < -0.4 is 30.3 Å². The summed E-state index contributed by atoms with van der Waals surface area (Å²) in [5, 5.41) is 22.8. The fourth-order valence-electron chi connectivity index (χ4n) is 3.35. The highest BCUT2D eigenvalue weighted by molar-refractivity contribution is 5.88. The summed E-state index contributed by atoms with van der Waals surface area (Å²) in [7, 11) is 1.66. The molecule has 2 aliphatic heterocycles. The number of ether oxygens (including phenoxy) is 2. The number of benzene rings is 1. The third-order valence-corrected chi connectivity index (χ3v) is 5.10. The number of carbonyl (C=O) groups excluding carboxylic acids is 1. The van der Waals surface area contributed by atoms with Crippen molar-refractivity contribution in [1.29, 1.82) is 0 Å². The van der Waals surface area contributed by atoms with Crippen LogP contribution in [0.3, 0.4) is 0 Å². The molecule has 3 heterocycles. The molecule has 2 aliphatic rings. The topological polar surface area (TPSA) is 170 Å². The summed E-state index contributed by atoms with van der Waals surface area (Å²) in [6.07, 6.45) is 0.942. The maximum absolute atomic E-state index is 9.53. The van der Waals surface area contributed by atoms with E-state index in [4.69, 9.17) is 19.6 Å². The lowest BCUT2D eigenvalue weighted by Crippen LogP contribution is -2.89. The summed E-state index contributed by atoms with van der Waals surface area (Å²) < 4.78 is 10.7. The number of hydrogen-bond acceptors (Lipinski definition) is 11. The molecule has 13 nitrogen and oxygen atoms in total. The molecule has 0 atom stereocenters. The van der Waals surface area contributed by atoms with Gasteiger partial charge in [0.05, 0.1) is 52.5 Å². The Bertz CT molecular complexity index is 954. The quantitative estimate of drug-likeness (QED) is 0.376. The van der Waals surface area contributed by atoms with E-state index in [2.05, 4.69) is 30.4 Å².